The average Bonchev–Trinajstić information content (AvgIpc) is 2.67. The lowest BCUT2D eigenvalue weighted by atomic mass is 10.4. The molecule has 0 bridgehead atoms. The second-order valence-corrected chi connectivity index (χ2v) is 2.87. The highest BCUT2D eigenvalue weighted by atomic mass is 15.3. The predicted molar refractivity (Wildman–Crippen MR) is 55.4 cm³/mol. The van der Waals surface area contributed by atoms with Gasteiger partial charge in [0, 0.05) is 18.8 Å². The van der Waals surface area contributed by atoms with Gasteiger partial charge in [-0.15, -0.1) is 0 Å². The highest BCUT2D eigenvalue weighted by Crippen LogP contribution is 2.12. The average molecular weight is 188 g/mol. The molecule has 2 aromatic heterocycles. The maximum atomic E-state index is 4.18. The van der Waals surface area contributed by atoms with Crippen molar-refractivity contribution in [2.45, 2.75) is 13.5 Å². The molecule has 0 atom stereocenters. The summed E-state index contributed by atoms with van der Waals surface area (Å²) in [6.45, 7) is 2.90. The molecule has 0 saturated heterocycles. The van der Waals surface area contributed by atoms with Crippen LogP contribution in [0.25, 0.3) is 0 Å². The number of aryl methyl sites for hydroxylation is 1. The van der Waals surface area contributed by atoms with Crippen LogP contribution in [0.4, 0.5) is 11.6 Å². The van der Waals surface area contributed by atoms with Gasteiger partial charge in [-0.3, -0.25) is 0 Å². The molecule has 72 valence electrons. The smallest absolute Gasteiger partial charge is 0.131 e. The van der Waals surface area contributed by atoms with Gasteiger partial charge in [0.15, 0.2) is 0 Å². The minimum atomic E-state index is 0.836. The van der Waals surface area contributed by atoms with Crippen molar-refractivity contribution in [1.29, 1.82) is 0 Å². The summed E-state index contributed by atoms with van der Waals surface area (Å²) in [5, 5.41) is 7.35. The van der Waals surface area contributed by atoms with Crippen LogP contribution in [0.5, 0.6) is 0 Å². The standard InChI is InChI=1S/C10H12N4/c1-2-14-10(6-8-12-14)13-9-5-3-4-7-11-9/h3-8H,2H2,1H3,(H,11,13). The number of hydrogen-bond acceptors (Lipinski definition) is 3. The van der Waals surface area contributed by atoms with Crippen LogP contribution < -0.4 is 5.32 Å². The lowest BCUT2D eigenvalue weighted by Gasteiger charge is -2.06. The third-order valence-electron chi connectivity index (χ3n) is 1.94. The Balaban J connectivity index is 2.19. The van der Waals surface area contributed by atoms with Crippen LogP contribution in [0.2, 0.25) is 0 Å². The zero-order chi connectivity index (χ0) is 9.80. The first kappa shape index (κ1) is 8.74. The Morgan fingerprint density at radius 3 is 2.93 bits per heavy atom. The molecule has 2 aromatic rings. The molecule has 0 unspecified atom stereocenters. The first-order chi connectivity index (χ1) is 6.90. The third kappa shape index (κ3) is 1.74. The Kier molecular flexibility index (Phi) is 2.44. The molecule has 0 aliphatic heterocycles. The molecule has 4 heteroatoms. The van der Waals surface area contributed by atoms with Crippen molar-refractivity contribution in [1.82, 2.24) is 14.8 Å². The summed E-state index contributed by atoms with van der Waals surface area (Å²) in [5.41, 5.74) is 0. The van der Waals surface area contributed by atoms with E-state index in [0.29, 0.717) is 0 Å². The zero-order valence-electron chi connectivity index (χ0n) is 8.01. The Labute approximate surface area is 82.6 Å². The van der Waals surface area contributed by atoms with E-state index in [4.69, 9.17) is 0 Å². The summed E-state index contributed by atoms with van der Waals surface area (Å²) in [7, 11) is 0. The van der Waals surface area contributed by atoms with E-state index >= 15 is 0 Å². The summed E-state index contributed by atoms with van der Waals surface area (Å²) >= 11 is 0. The van der Waals surface area contributed by atoms with Crippen LogP contribution in [0, 0.1) is 0 Å². The fraction of sp³-hybridized carbons (Fsp3) is 0.200. The number of hydrogen-bond donors (Lipinski definition) is 1. The Hall–Kier alpha value is -1.84. The second-order valence-electron chi connectivity index (χ2n) is 2.87. The van der Waals surface area contributed by atoms with Gasteiger partial charge in [-0.1, -0.05) is 6.07 Å². The summed E-state index contributed by atoms with van der Waals surface area (Å²) in [4.78, 5) is 4.18. The summed E-state index contributed by atoms with van der Waals surface area (Å²) in [5.74, 6) is 1.80. The van der Waals surface area contributed by atoms with E-state index in [1.807, 2.05) is 28.9 Å². The van der Waals surface area contributed by atoms with Gasteiger partial charge < -0.3 is 5.32 Å². The molecule has 0 fully saturated rings. The van der Waals surface area contributed by atoms with Crippen molar-refractivity contribution in [3.05, 3.63) is 36.7 Å². The highest BCUT2D eigenvalue weighted by Gasteiger charge is 1.99. The van der Waals surface area contributed by atoms with Gasteiger partial charge in [0.25, 0.3) is 0 Å². The van der Waals surface area contributed by atoms with Gasteiger partial charge in [-0.2, -0.15) is 5.10 Å². The zero-order valence-corrected chi connectivity index (χ0v) is 8.01. The molecule has 0 spiro atoms. The van der Waals surface area contributed by atoms with Crippen molar-refractivity contribution in [2.24, 2.45) is 0 Å². The topological polar surface area (TPSA) is 42.7 Å². The van der Waals surface area contributed by atoms with Crippen LogP contribution in [0.3, 0.4) is 0 Å². The van der Waals surface area contributed by atoms with Gasteiger partial charge in [0.2, 0.25) is 0 Å². The van der Waals surface area contributed by atoms with Crippen LogP contribution in [-0.2, 0) is 6.54 Å². The van der Waals surface area contributed by atoms with Crippen LogP contribution in [-0.4, -0.2) is 14.8 Å². The molecule has 0 saturated carbocycles. The largest absolute Gasteiger partial charge is 0.325 e. The molecule has 2 rings (SSSR count). The molecule has 1 N–H and O–H groups in total. The summed E-state index contributed by atoms with van der Waals surface area (Å²) in [6, 6.07) is 7.69. The predicted octanol–water partition coefficient (Wildman–Crippen LogP) is 2.04. The summed E-state index contributed by atoms with van der Waals surface area (Å²) < 4.78 is 1.88. The van der Waals surface area contributed by atoms with Crippen molar-refractivity contribution in [3.63, 3.8) is 0 Å². The maximum absolute atomic E-state index is 4.18. The van der Waals surface area contributed by atoms with Crippen molar-refractivity contribution in [2.75, 3.05) is 5.32 Å². The highest BCUT2D eigenvalue weighted by molar-refractivity contribution is 5.50. The first-order valence-corrected chi connectivity index (χ1v) is 4.60. The number of pyridine rings is 1. The SMILES string of the molecule is CCn1nccc1Nc1ccccn1. The van der Waals surface area contributed by atoms with E-state index in [-0.39, 0.29) is 0 Å². The summed E-state index contributed by atoms with van der Waals surface area (Å²) in [6.07, 6.45) is 3.53. The molecule has 2 heterocycles. The van der Waals surface area contributed by atoms with E-state index in [1.54, 1.807) is 12.4 Å². The quantitative estimate of drug-likeness (QED) is 0.801. The van der Waals surface area contributed by atoms with E-state index in [9.17, 15) is 0 Å². The fourth-order valence-corrected chi connectivity index (χ4v) is 1.26. The van der Waals surface area contributed by atoms with Crippen LogP contribution in [0.15, 0.2) is 36.7 Å². The number of nitrogens with one attached hydrogen (secondary N) is 1. The van der Waals surface area contributed by atoms with Crippen LogP contribution >= 0.6 is 0 Å². The minimum absolute atomic E-state index is 0.836. The first-order valence-electron chi connectivity index (χ1n) is 4.60. The molecule has 0 aromatic carbocycles. The van der Waals surface area contributed by atoms with Gasteiger partial charge in [-0.25, -0.2) is 9.67 Å². The van der Waals surface area contributed by atoms with Crippen molar-refractivity contribution in [3.8, 4) is 0 Å². The monoisotopic (exact) mass is 188 g/mol. The lowest BCUT2D eigenvalue weighted by molar-refractivity contribution is 0.668. The molecule has 0 amide bonds. The lowest BCUT2D eigenvalue weighted by Crippen LogP contribution is -2.03. The van der Waals surface area contributed by atoms with Gasteiger partial charge in [-0.05, 0) is 19.1 Å². The Bertz CT molecular complexity index is 394. The normalized spacial score (nSPS) is 10.1. The minimum Gasteiger partial charge on any atom is -0.325 e. The Morgan fingerprint density at radius 2 is 2.21 bits per heavy atom. The van der Waals surface area contributed by atoms with Crippen molar-refractivity contribution >= 4 is 11.6 Å². The van der Waals surface area contributed by atoms with E-state index in [2.05, 4.69) is 22.3 Å². The molecular formula is C10H12N4. The van der Waals surface area contributed by atoms with E-state index < -0.39 is 0 Å². The Morgan fingerprint density at radius 1 is 1.29 bits per heavy atom. The third-order valence-corrected chi connectivity index (χ3v) is 1.94. The van der Waals surface area contributed by atoms with E-state index in [0.717, 1.165) is 18.2 Å². The molecule has 4 nitrogen and oxygen atoms in total. The van der Waals surface area contributed by atoms with Gasteiger partial charge in [0.05, 0.1) is 6.20 Å². The van der Waals surface area contributed by atoms with Crippen molar-refractivity contribution < 1.29 is 0 Å². The van der Waals surface area contributed by atoms with Gasteiger partial charge in [0.1, 0.15) is 11.6 Å². The van der Waals surface area contributed by atoms with Gasteiger partial charge >= 0.3 is 0 Å². The van der Waals surface area contributed by atoms with E-state index in [1.165, 1.54) is 0 Å². The second kappa shape index (κ2) is 3.91. The molecule has 0 radical (unpaired) electrons. The molecule has 0 aliphatic carbocycles. The fourth-order valence-electron chi connectivity index (χ4n) is 1.26. The number of aromatic nitrogens is 3. The molecule has 0 aliphatic rings. The van der Waals surface area contributed by atoms with Crippen LogP contribution in [0.1, 0.15) is 6.92 Å². The number of nitrogens with zero attached hydrogens (tertiary/aromatic N) is 3. The molecular weight excluding hydrogens is 176 g/mol. The molecule has 14 heavy (non-hydrogen) atoms. The number of rotatable bonds is 3. The maximum Gasteiger partial charge on any atom is 0.131 e. The number of anilines is 2.